The molecule has 0 bridgehead atoms. The van der Waals surface area contributed by atoms with Crippen molar-refractivity contribution in [3.63, 3.8) is 0 Å². The lowest BCUT2D eigenvalue weighted by atomic mass is 10.1. The maximum Gasteiger partial charge on any atom is 0.416 e. The van der Waals surface area contributed by atoms with Gasteiger partial charge in [0.05, 0.1) is 29.8 Å². The first-order valence-electron chi connectivity index (χ1n) is 13.0. The molecule has 10 nitrogen and oxygen atoms in total. The van der Waals surface area contributed by atoms with Gasteiger partial charge in [-0.2, -0.15) is 23.3 Å². The second-order valence-corrected chi connectivity index (χ2v) is 10.8. The van der Waals surface area contributed by atoms with Crippen LogP contribution in [0.4, 0.5) is 29.2 Å². The molecule has 1 saturated heterocycles. The average Bonchev–Trinajstić information content (AvgIpc) is 3.66. The van der Waals surface area contributed by atoms with Crippen LogP contribution in [-0.4, -0.2) is 72.2 Å². The summed E-state index contributed by atoms with van der Waals surface area (Å²) in [7, 11) is 5.49. The number of nitrogens with zero attached hydrogens (tertiary/aromatic N) is 8. The van der Waals surface area contributed by atoms with Crippen LogP contribution < -0.4 is 10.1 Å². The lowest BCUT2D eigenvalue weighted by molar-refractivity contribution is -0.137. The van der Waals surface area contributed by atoms with Crippen LogP contribution in [0.3, 0.4) is 0 Å². The van der Waals surface area contributed by atoms with Crippen LogP contribution in [0.15, 0.2) is 43.1 Å². The third kappa shape index (κ3) is 5.21. The van der Waals surface area contributed by atoms with Gasteiger partial charge in [0.1, 0.15) is 16.1 Å². The maximum atomic E-state index is 15.7. The van der Waals surface area contributed by atoms with Crippen LogP contribution in [0.1, 0.15) is 17.5 Å². The number of fused-ring (bicyclic) bond motifs is 2. The predicted octanol–water partition coefficient (Wildman–Crippen LogP) is 5.49. The normalized spacial score (nSPS) is 16.3. The topological polar surface area (TPSA) is 88.6 Å². The summed E-state index contributed by atoms with van der Waals surface area (Å²) >= 11 is 6.67. The molecule has 1 aliphatic rings. The summed E-state index contributed by atoms with van der Waals surface area (Å²) in [6, 6.07) is 1.87. The molecular formula is C27H26ClF4N9O. The van der Waals surface area contributed by atoms with E-state index in [9.17, 15) is 13.2 Å². The molecule has 1 fully saturated rings. The largest absolute Gasteiger partial charge is 0.450 e. The standard InChI is InChI=1S/C27H26ClF4N9O/c1-38(2)17-4-6-40(14-17)13-15-8-16(27(30,31)32)9-18(23(15)29)36-26-37-25-24(39(26)3)22(28)21(11-34-25)42-20-12-35-41-7-5-33-10-19(20)41/h5,7-12,17H,4,6,13-14H2,1-3H3,(H,34,36,37)/t17-/m0/s1. The van der Waals surface area contributed by atoms with E-state index in [1.54, 1.807) is 30.2 Å². The number of aryl methyl sites for hydroxylation is 1. The third-order valence-corrected chi connectivity index (χ3v) is 7.77. The summed E-state index contributed by atoms with van der Waals surface area (Å²) in [6.45, 7) is 1.34. The Morgan fingerprint density at radius 3 is 2.71 bits per heavy atom. The smallest absolute Gasteiger partial charge is 0.416 e. The Labute approximate surface area is 242 Å². The molecule has 1 N–H and O–H groups in total. The molecule has 15 heteroatoms. The summed E-state index contributed by atoms with van der Waals surface area (Å²) in [5.41, 5.74) is -0.238. The summed E-state index contributed by atoms with van der Waals surface area (Å²) < 4.78 is 66.3. The number of halogens is 5. The number of likely N-dealkylation sites (tertiary alicyclic amines) is 1. The minimum Gasteiger partial charge on any atom is -0.450 e. The number of benzene rings is 1. The van der Waals surface area contributed by atoms with Crippen molar-refractivity contribution in [2.45, 2.75) is 25.2 Å². The second-order valence-electron chi connectivity index (χ2n) is 10.4. The Morgan fingerprint density at radius 2 is 1.98 bits per heavy atom. The van der Waals surface area contributed by atoms with Gasteiger partial charge in [-0.1, -0.05) is 11.6 Å². The lowest BCUT2D eigenvalue weighted by Gasteiger charge is -2.22. The van der Waals surface area contributed by atoms with Crippen molar-refractivity contribution in [2.75, 3.05) is 32.5 Å². The van der Waals surface area contributed by atoms with Gasteiger partial charge >= 0.3 is 6.18 Å². The highest BCUT2D eigenvalue weighted by molar-refractivity contribution is 6.36. The number of hydrogen-bond donors (Lipinski definition) is 1. The van der Waals surface area contributed by atoms with Gasteiger partial charge in [-0.05, 0) is 32.6 Å². The van der Waals surface area contributed by atoms with E-state index in [1.165, 1.54) is 17.0 Å². The third-order valence-electron chi connectivity index (χ3n) is 7.41. The van der Waals surface area contributed by atoms with Crippen LogP contribution in [0.25, 0.3) is 16.7 Å². The first-order chi connectivity index (χ1) is 20.0. The molecule has 5 heterocycles. The number of rotatable bonds is 7. The van der Waals surface area contributed by atoms with Crippen molar-refractivity contribution in [3.05, 3.63) is 65.1 Å². The molecule has 0 aliphatic carbocycles. The molecule has 220 valence electrons. The summed E-state index contributed by atoms with van der Waals surface area (Å²) in [6.07, 6.45) is 3.88. The molecule has 1 aromatic carbocycles. The Kier molecular flexibility index (Phi) is 7.15. The zero-order valence-corrected chi connectivity index (χ0v) is 23.6. The van der Waals surface area contributed by atoms with Gasteiger partial charge in [0.15, 0.2) is 23.0 Å². The van der Waals surface area contributed by atoms with Crippen LogP contribution in [0, 0.1) is 5.82 Å². The number of pyridine rings is 1. The maximum absolute atomic E-state index is 15.7. The Hall–Kier alpha value is -4.01. The van der Waals surface area contributed by atoms with Crippen LogP contribution >= 0.6 is 11.6 Å². The molecule has 5 aromatic rings. The van der Waals surface area contributed by atoms with Crippen LogP contribution in [0.2, 0.25) is 5.02 Å². The summed E-state index contributed by atoms with van der Waals surface area (Å²) in [5.74, 6) is -0.144. The molecule has 0 amide bonds. The van der Waals surface area contributed by atoms with Crippen molar-refractivity contribution in [1.29, 1.82) is 0 Å². The van der Waals surface area contributed by atoms with E-state index in [-0.39, 0.29) is 46.2 Å². The predicted molar refractivity (Wildman–Crippen MR) is 149 cm³/mol. The fourth-order valence-electron chi connectivity index (χ4n) is 5.10. The second kappa shape index (κ2) is 10.7. The highest BCUT2D eigenvalue weighted by Gasteiger charge is 2.34. The van der Waals surface area contributed by atoms with Gasteiger partial charge in [0.25, 0.3) is 0 Å². The highest BCUT2D eigenvalue weighted by Crippen LogP contribution is 2.38. The molecular weight excluding hydrogens is 578 g/mol. The van der Waals surface area contributed by atoms with Gasteiger partial charge in [0, 0.05) is 50.7 Å². The van der Waals surface area contributed by atoms with E-state index in [2.05, 4.69) is 30.3 Å². The van der Waals surface area contributed by atoms with Gasteiger partial charge in [0.2, 0.25) is 5.95 Å². The van der Waals surface area contributed by atoms with Gasteiger partial charge in [-0.3, -0.25) is 9.88 Å². The number of likely N-dealkylation sites (N-methyl/N-ethyl adjacent to an activating group) is 1. The van der Waals surface area contributed by atoms with Crippen molar-refractivity contribution in [1.82, 2.24) is 38.9 Å². The van der Waals surface area contributed by atoms with E-state index in [0.29, 0.717) is 29.9 Å². The SMILES string of the molecule is CN(C)[C@H]1CCN(Cc2cc(C(F)(F)F)cc(Nc3nc4ncc(Oc5cnn6ccncc56)c(Cl)c4n3C)c2F)C1. The molecule has 0 spiro atoms. The molecule has 0 saturated carbocycles. The number of hydrogen-bond acceptors (Lipinski definition) is 8. The Balaban J connectivity index is 1.32. The molecule has 1 aliphatic heterocycles. The van der Waals surface area contributed by atoms with E-state index >= 15 is 4.39 Å². The first-order valence-corrected chi connectivity index (χ1v) is 13.4. The first kappa shape index (κ1) is 28.1. The Bertz CT molecular complexity index is 1790. The fourth-order valence-corrected chi connectivity index (χ4v) is 5.40. The fraction of sp³-hybridized carbons (Fsp3) is 0.333. The molecule has 4 aromatic heterocycles. The van der Waals surface area contributed by atoms with Gasteiger partial charge < -0.3 is 19.5 Å². The number of alkyl halides is 3. The van der Waals surface area contributed by atoms with Crippen LogP contribution in [0.5, 0.6) is 11.5 Å². The number of aromatic nitrogens is 6. The molecule has 0 unspecified atom stereocenters. The van der Waals surface area contributed by atoms with Gasteiger partial charge in [-0.25, -0.2) is 13.9 Å². The van der Waals surface area contributed by atoms with E-state index in [1.807, 2.05) is 19.0 Å². The number of anilines is 2. The quantitative estimate of drug-likeness (QED) is 0.244. The zero-order chi connectivity index (χ0) is 29.8. The monoisotopic (exact) mass is 603 g/mol. The zero-order valence-electron chi connectivity index (χ0n) is 22.8. The van der Waals surface area contributed by atoms with Crippen molar-refractivity contribution >= 4 is 39.9 Å². The van der Waals surface area contributed by atoms with E-state index in [4.69, 9.17) is 16.3 Å². The van der Waals surface area contributed by atoms with Crippen LogP contribution in [-0.2, 0) is 19.8 Å². The molecule has 6 rings (SSSR count). The van der Waals surface area contributed by atoms with Crippen molar-refractivity contribution in [2.24, 2.45) is 7.05 Å². The summed E-state index contributed by atoms with van der Waals surface area (Å²) in [4.78, 5) is 16.8. The van der Waals surface area contributed by atoms with Crippen molar-refractivity contribution < 1.29 is 22.3 Å². The molecule has 1 atom stereocenters. The van der Waals surface area contributed by atoms with E-state index < -0.39 is 17.6 Å². The number of ether oxygens (including phenoxy) is 1. The van der Waals surface area contributed by atoms with E-state index in [0.717, 1.165) is 18.6 Å². The minimum atomic E-state index is -4.67. The number of nitrogens with one attached hydrogen (secondary N) is 1. The lowest BCUT2D eigenvalue weighted by Crippen LogP contribution is -2.31. The molecule has 0 radical (unpaired) electrons. The van der Waals surface area contributed by atoms with Crippen molar-refractivity contribution in [3.8, 4) is 11.5 Å². The average molecular weight is 604 g/mol. The highest BCUT2D eigenvalue weighted by atomic mass is 35.5. The number of imidazole rings is 1. The summed E-state index contributed by atoms with van der Waals surface area (Å²) in [5, 5.41) is 7.09. The molecule has 42 heavy (non-hydrogen) atoms. The Morgan fingerprint density at radius 1 is 1.17 bits per heavy atom. The minimum absolute atomic E-state index is 0.0461. The van der Waals surface area contributed by atoms with Gasteiger partial charge in [-0.15, -0.1) is 0 Å².